The fourth-order valence-corrected chi connectivity index (χ4v) is 3.96. The normalized spacial score (nSPS) is 22.4. The first-order valence-electron chi connectivity index (χ1n) is 10.4. The average molecular weight is 404 g/mol. The molecule has 8 heteroatoms. The second kappa shape index (κ2) is 9.82. The molecule has 158 valence electrons. The summed E-state index contributed by atoms with van der Waals surface area (Å²) in [6.07, 6.45) is 5.90. The lowest BCUT2D eigenvalue weighted by atomic mass is 10.0. The highest BCUT2D eigenvalue weighted by molar-refractivity contribution is 6.40. The number of anilines is 1. The monoisotopic (exact) mass is 403 g/mol. The van der Waals surface area contributed by atoms with Crippen LogP contribution in [0.15, 0.2) is 29.4 Å². The molecule has 0 spiro atoms. The van der Waals surface area contributed by atoms with E-state index < -0.39 is 11.9 Å². The van der Waals surface area contributed by atoms with Gasteiger partial charge in [-0.1, -0.05) is 19.8 Å². The third-order valence-electron chi connectivity index (χ3n) is 5.64. The molecule has 2 aliphatic rings. The number of unbranched alkanes of at least 4 members (excludes halogenated alkanes) is 1. The van der Waals surface area contributed by atoms with E-state index in [-0.39, 0.29) is 23.9 Å². The molecule has 2 heterocycles. The van der Waals surface area contributed by atoms with Crippen LogP contribution in [-0.2, 0) is 9.59 Å². The third kappa shape index (κ3) is 5.32. The first-order chi connectivity index (χ1) is 14.0. The minimum Gasteiger partial charge on any atom is -0.368 e. The van der Waals surface area contributed by atoms with E-state index in [1.54, 1.807) is 0 Å². The maximum Gasteiger partial charge on any atom is 0.267 e. The van der Waals surface area contributed by atoms with E-state index in [0.29, 0.717) is 18.3 Å². The summed E-state index contributed by atoms with van der Waals surface area (Å²) >= 11 is 0. The van der Waals surface area contributed by atoms with Crippen molar-refractivity contribution in [3.05, 3.63) is 30.1 Å². The second-order valence-electron chi connectivity index (χ2n) is 7.74. The van der Waals surface area contributed by atoms with Gasteiger partial charge in [0.15, 0.2) is 0 Å². The summed E-state index contributed by atoms with van der Waals surface area (Å²) in [5.74, 6) is -1.23. The molecule has 1 aromatic rings. The number of hydrogen-bond donors (Lipinski definition) is 2. The topological polar surface area (TPSA) is 91.0 Å². The number of nitrogens with one attached hydrogen (secondary N) is 1. The number of halogens is 1. The number of hydrazone groups is 1. The van der Waals surface area contributed by atoms with Crippen LogP contribution >= 0.6 is 0 Å². The van der Waals surface area contributed by atoms with Crippen molar-refractivity contribution in [1.29, 1.82) is 0 Å². The molecule has 3 N–H and O–H groups in total. The van der Waals surface area contributed by atoms with Crippen LogP contribution in [-0.4, -0.2) is 54.1 Å². The molecule has 0 saturated carbocycles. The molecule has 2 amide bonds. The number of likely N-dealkylation sites (tertiary alicyclic amines) is 1. The van der Waals surface area contributed by atoms with Crippen LogP contribution in [0.4, 0.5) is 10.1 Å². The molecule has 0 bridgehead atoms. The van der Waals surface area contributed by atoms with Gasteiger partial charge in [0.25, 0.3) is 5.91 Å². The van der Waals surface area contributed by atoms with Crippen LogP contribution in [0.3, 0.4) is 0 Å². The number of amides is 2. The molecule has 1 fully saturated rings. The molecule has 1 saturated heterocycles. The fourth-order valence-electron chi connectivity index (χ4n) is 3.96. The summed E-state index contributed by atoms with van der Waals surface area (Å²) in [6.45, 7) is 4.88. The molecule has 2 unspecified atom stereocenters. The molecule has 7 nitrogen and oxygen atoms in total. The van der Waals surface area contributed by atoms with Gasteiger partial charge in [0.05, 0.1) is 5.69 Å². The van der Waals surface area contributed by atoms with Crippen molar-refractivity contribution >= 4 is 23.2 Å². The number of nitrogens with zero attached hydrogens (tertiary/aromatic N) is 3. The Morgan fingerprint density at radius 1 is 1.28 bits per heavy atom. The number of primary amides is 1. The van der Waals surface area contributed by atoms with Crippen LogP contribution in [0.1, 0.15) is 45.4 Å². The van der Waals surface area contributed by atoms with Gasteiger partial charge in [0, 0.05) is 19.0 Å². The van der Waals surface area contributed by atoms with Gasteiger partial charge in [-0.05, 0) is 56.6 Å². The van der Waals surface area contributed by atoms with Crippen LogP contribution in [0.2, 0.25) is 0 Å². The number of carbonyl (C=O) groups is 2. The first-order valence-corrected chi connectivity index (χ1v) is 10.4. The number of nitrogens with two attached hydrogens (primary N) is 1. The first kappa shape index (κ1) is 21.2. The Balaban J connectivity index is 1.64. The van der Waals surface area contributed by atoms with Gasteiger partial charge in [0.1, 0.15) is 17.6 Å². The van der Waals surface area contributed by atoms with Gasteiger partial charge in [0.2, 0.25) is 5.91 Å². The van der Waals surface area contributed by atoms with Gasteiger partial charge in [-0.25, -0.2) is 4.39 Å². The summed E-state index contributed by atoms with van der Waals surface area (Å²) in [7, 11) is 0. The number of benzene rings is 1. The maximum absolute atomic E-state index is 13.2. The predicted octanol–water partition coefficient (Wildman–Crippen LogP) is 2.02. The Hall–Kier alpha value is -2.48. The number of hydrogen-bond acceptors (Lipinski definition) is 5. The molecule has 0 aromatic heterocycles. The summed E-state index contributed by atoms with van der Waals surface area (Å²) in [6, 6.07) is 5.19. The Labute approximate surface area is 171 Å². The molecular formula is C21H30FN5O2. The van der Waals surface area contributed by atoms with Crippen LogP contribution < -0.4 is 16.1 Å². The van der Waals surface area contributed by atoms with E-state index in [2.05, 4.69) is 22.2 Å². The number of rotatable bonds is 8. The lowest BCUT2D eigenvalue weighted by molar-refractivity contribution is -0.119. The van der Waals surface area contributed by atoms with Gasteiger partial charge < -0.3 is 11.1 Å². The molecule has 29 heavy (non-hydrogen) atoms. The van der Waals surface area contributed by atoms with E-state index in [0.717, 1.165) is 32.4 Å². The van der Waals surface area contributed by atoms with E-state index >= 15 is 0 Å². The van der Waals surface area contributed by atoms with Crippen LogP contribution in [0.5, 0.6) is 0 Å². The smallest absolute Gasteiger partial charge is 0.267 e. The SMILES string of the molecule is CCCCN1CCCCC1CNC(=O)C1=NN(c2ccc(F)cc2)C(C(N)=O)C1. The lowest BCUT2D eigenvalue weighted by Gasteiger charge is -2.35. The minimum absolute atomic E-state index is 0.142. The maximum atomic E-state index is 13.2. The Morgan fingerprint density at radius 3 is 2.72 bits per heavy atom. The lowest BCUT2D eigenvalue weighted by Crippen LogP contribution is -2.48. The Morgan fingerprint density at radius 2 is 2.03 bits per heavy atom. The van der Waals surface area contributed by atoms with Gasteiger partial charge in [-0.2, -0.15) is 5.10 Å². The quantitative estimate of drug-likeness (QED) is 0.695. The van der Waals surface area contributed by atoms with E-state index in [4.69, 9.17) is 5.73 Å². The highest BCUT2D eigenvalue weighted by Crippen LogP contribution is 2.25. The van der Waals surface area contributed by atoms with Crippen LogP contribution in [0, 0.1) is 5.82 Å². The Kier molecular flexibility index (Phi) is 7.19. The highest BCUT2D eigenvalue weighted by atomic mass is 19.1. The fraction of sp³-hybridized carbons (Fsp3) is 0.571. The van der Waals surface area contributed by atoms with Crippen molar-refractivity contribution in [2.75, 3.05) is 24.6 Å². The summed E-state index contributed by atoms with van der Waals surface area (Å²) < 4.78 is 13.2. The van der Waals surface area contributed by atoms with Gasteiger partial charge in [-0.3, -0.25) is 19.5 Å². The van der Waals surface area contributed by atoms with Crippen molar-refractivity contribution in [3.8, 4) is 0 Å². The van der Waals surface area contributed by atoms with E-state index in [9.17, 15) is 14.0 Å². The van der Waals surface area contributed by atoms with E-state index in [1.807, 2.05) is 0 Å². The van der Waals surface area contributed by atoms with Gasteiger partial charge in [-0.15, -0.1) is 0 Å². The zero-order chi connectivity index (χ0) is 20.8. The second-order valence-corrected chi connectivity index (χ2v) is 7.74. The van der Waals surface area contributed by atoms with Crippen molar-refractivity contribution in [2.45, 2.75) is 57.5 Å². The summed E-state index contributed by atoms with van der Waals surface area (Å²) in [5, 5.41) is 8.72. The van der Waals surface area contributed by atoms with Crippen LogP contribution in [0.25, 0.3) is 0 Å². The number of piperidine rings is 1. The molecule has 2 atom stereocenters. The molecule has 0 radical (unpaired) electrons. The summed E-state index contributed by atoms with van der Waals surface area (Å²) in [5.41, 5.74) is 6.30. The van der Waals surface area contributed by atoms with Crippen molar-refractivity contribution in [1.82, 2.24) is 10.2 Å². The van der Waals surface area contributed by atoms with Gasteiger partial charge >= 0.3 is 0 Å². The van der Waals surface area contributed by atoms with Crippen molar-refractivity contribution < 1.29 is 14.0 Å². The zero-order valence-corrected chi connectivity index (χ0v) is 16.9. The summed E-state index contributed by atoms with van der Waals surface area (Å²) in [4.78, 5) is 27.0. The molecule has 1 aromatic carbocycles. The average Bonchev–Trinajstić information content (AvgIpc) is 3.17. The van der Waals surface area contributed by atoms with Crippen molar-refractivity contribution in [2.24, 2.45) is 10.8 Å². The van der Waals surface area contributed by atoms with E-state index in [1.165, 1.54) is 42.1 Å². The largest absolute Gasteiger partial charge is 0.368 e. The molecular weight excluding hydrogens is 373 g/mol. The molecule has 3 rings (SSSR count). The standard InChI is InChI=1S/C21H30FN5O2/c1-2-3-11-26-12-5-4-6-17(26)14-24-21(29)18-13-19(20(23)28)27(25-18)16-9-7-15(22)8-10-16/h7-10,17,19H,2-6,11-14H2,1H3,(H2,23,28)(H,24,29). The minimum atomic E-state index is -0.753. The highest BCUT2D eigenvalue weighted by Gasteiger charge is 2.35. The Bertz CT molecular complexity index is 752. The third-order valence-corrected chi connectivity index (χ3v) is 5.64. The number of carbonyl (C=O) groups excluding carboxylic acids is 2. The zero-order valence-electron chi connectivity index (χ0n) is 16.9. The van der Waals surface area contributed by atoms with Crippen molar-refractivity contribution in [3.63, 3.8) is 0 Å². The molecule has 0 aliphatic carbocycles. The predicted molar refractivity (Wildman–Crippen MR) is 111 cm³/mol. The molecule has 2 aliphatic heterocycles.